The van der Waals surface area contributed by atoms with E-state index in [9.17, 15) is 18.0 Å². The van der Waals surface area contributed by atoms with E-state index in [1.807, 2.05) is 0 Å². The van der Waals surface area contributed by atoms with Crippen molar-refractivity contribution in [3.63, 3.8) is 0 Å². The third kappa shape index (κ3) is 5.40. The van der Waals surface area contributed by atoms with Crippen LogP contribution in [0.2, 0.25) is 10.0 Å². The summed E-state index contributed by atoms with van der Waals surface area (Å²) in [7, 11) is -3.60. The van der Waals surface area contributed by atoms with Crippen LogP contribution in [0.5, 0.6) is 0 Å². The average Bonchev–Trinajstić information content (AvgIpc) is 3.04. The molecule has 0 radical (unpaired) electrons. The van der Waals surface area contributed by atoms with Crippen LogP contribution in [0, 0.1) is 0 Å². The van der Waals surface area contributed by atoms with Crippen LogP contribution < -0.4 is 0 Å². The lowest BCUT2D eigenvalue weighted by Crippen LogP contribution is -2.31. The Morgan fingerprint density at radius 1 is 0.933 bits per heavy atom. The van der Waals surface area contributed by atoms with Gasteiger partial charge in [0, 0.05) is 23.7 Å². The SMILES string of the molecule is O=C(OCC(=O)c1cc(Cl)ccc1Cl)c1ccc(S(=O)(=O)N2CCCCCC2)cc1. The van der Waals surface area contributed by atoms with Crippen LogP contribution in [0.3, 0.4) is 0 Å². The molecule has 0 spiro atoms. The fourth-order valence-corrected chi connectivity index (χ4v) is 5.11. The third-order valence-corrected chi connectivity index (χ3v) is 7.33. The molecule has 2 aromatic carbocycles. The van der Waals surface area contributed by atoms with Crippen molar-refractivity contribution < 1.29 is 22.7 Å². The van der Waals surface area contributed by atoms with Crippen molar-refractivity contribution >= 4 is 45.0 Å². The number of Topliss-reactive ketones (excluding diaryl/α,β-unsaturated/α-hetero) is 1. The van der Waals surface area contributed by atoms with Gasteiger partial charge in [0.25, 0.3) is 0 Å². The van der Waals surface area contributed by atoms with Crippen LogP contribution >= 0.6 is 23.2 Å². The summed E-state index contributed by atoms with van der Waals surface area (Å²) < 4.78 is 32.1. The standard InChI is InChI=1S/C21H21Cl2NO5S/c22-16-7-10-19(23)18(13-16)20(25)14-29-21(26)15-5-8-17(9-6-15)30(27,28)24-11-3-1-2-4-12-24/h5-10,13H,1-4,11-12,14H2. The molecule has 160 valence electrons. The summed E-state index contributed by atoms with van der Waals surface area (Å²) in [6, 6.07) is 9.96. The van der Waals surface area contributed by atoms with Gasteiger partial charge in [-0.2, -0.15) is 4.31 Å². The van der Waals surface area contributed by atoms with E-state index in [0.717, 1.165) is 25.7 Å². The molecule has 1 saturated heterocycles. The summed E-state index contributed by atoms with van der Waals surface area (Å²) in [5, 5.41) is 0.554. The van der Waals surface area contributed by atoms with E-state index in [1.165, 1.54) is 40.7 Å². The minimum Gasteiger partial charge on any atom is -0.454 e. The molecule has 0 N–H and O–H groups in total. The Morgan fingerprint density at radius 2 is 1.57 bits per heavy atom. The van der Waals surface area contributed by atoms with Gasteiger partial charge in [0.2, 0.25) is 15.8 Å². The lowest BCUT2D eigenvalue weighted by atomic mass is 10.1. The highest BCUT2D eigenvalue weighted by Crippen LogP contribution is 2.22. The zero-order chi connectivity index (χ0) is 21.7. The number of ether oxygens (including phenoxy) is 1. The summed E-state index contributed by atoms with van der Waals surface area (Å²) in [6.45, 7) is 0.493. The van der Waals surface area contributed by atoms with Gasteiger partial charge in [0.1, 0.15) is 0 Å². The normalized spacial score (nSPS) is 15.4. The maximum atomic E-state index is 12.8. The number of rotatable bonds is 6. The molecular formula is C21H21Cl2NO5S. The van der Waals surface area contributed by atoms with Gasteiger partial charge < -0.3 is 4.74 Å². The first kappa shape index (κ1) is 22.7. The second-order valence-electron chi connectivity index (χ2n) is 6.97. The number of benzene rings is 2. The molecule has 0 unspecified atom stereocenters. The lowest BCUT2D eigenvalue weighted by molar-refractivity contribution is 0.0474. The Labute approximate surface area is 185 Å². The van der Waals surface area contributed by atoms with Crippen LogP contribution in [0.15, 0.2) is 47.4 Å². The molecule has 1 fully saturated rings. The predicted molar refractivity (Wildman–Crippen MR) is 115 cm³/mol. The number of nitrogens with zero attached hydrogens (tertiary/aromatic N) is 1. The Bertz CT molecular complexity index is 1030. The molecule has 6 nitrogen and oxygen atoms in total. The molecule has 9 heteroatoms. The summed E-state index contributed by atoms with van der Waals surface area (Å²) in [5.41, 5.74) is 0.311. The molecule has 3 rings (SSSR count). The van der Waals surface area contributed by atoms with Gasteiger partial charge in [0.05, 0.1) is 15.5 Å². The van der Waals surface area contributed by atoms with Crippen LogP contribution in [0.4, 0.5) is 0 Å². The molecular weight excluding hydrogens is 449 g/mol. The topological polar surface area (TPSA) is 80.8 Å². The van der Waals surface area contributed by atoms with Crippen LogP contribution in [-0.2, 0) is 14.8 Å². The molecule has 1 heterocycles. The first-order chi connectivity index (χ1) is 14.3. The van der Waals surface area contributed by atoms with E-state index < -0.39 is 28.4 Å². The van der Waals surface area contributed by atoms with E-state index in [-0.39, 0.29) is 21.0 Å². The minimum absolute atomic E-state index is 0.128. The molecule has 0 aliphatic carbocycles. The number of hydrogen-bond acceptors (Lipinski definition) is 5. The molecule has 0 atom stereocenters. The Kier molecular flexibility index (Phi) is 7.52. The van der Waals surface area contributed by atoms with Crippen LogP contribution in [0.25, 0.3) is 0 Å². The molecule has 2 aromatic rings. The largest absolute Gasteiger partial charge is 0.454 e. The van der Waals surface area contributed by atoms with E-state index in [0.29, 0.717) is 18.1 Å². The fraction of sp³-hybridized carbons (Fsp3) is 0.333. The Hall–Kier alpha value is -1.93. The highest BCUT2D eigenvalue weighted by Gasteiger charge is 2.25. The number of sulfonamides is 1. The zero-order valence-electron chi connectivity index (χ0n) is 16.1. The van der Waals surface area contributed by atoms with E-state index in [2.05, 4.69) is 0 Å². The minimum atomic E-state index is -3.60. The number of halogens is 2. The molecule has 30 heavy (non-hydrogen) atoms. The van der Waals surface area contributed by atoms with Gasteiger partial charge in [0.15, 0.2) is 6.61 Å². The van der Waals surface area contributed by atoms with Crippen LogP contribution in [-0.4, -0.2) is 44.2 Å². The first-order valence-electron chi connectivity index (χ1n) is 9.54. The van der Waals surface area contributed by atoms with Crippen molar-refractivity contribution in [3.05, 3.63) is 63.6 Å². The van der Waals surface area contributed by atoms with Crippen molar-refractivity contribution in [1.82, 2.24) is 4.31 Å². The Morgan fingerprint density at radius 3 is 2.20 bits per heavy atom. The van der Waals surface area contributed by atoms with E-state index >= 15 is 0 Å². The third-order valence-electron chi connectivity index (χ3n) is 4.86. The molecule has 1 aliphatic heterocycles. The molecule has 1 aliphatic rings. The van der Waals surface area contributed by atoms with Crippen molar-refractivity contribution in [2.45, 2.75) is 30.6 Å². The Balaban J connectivity index is 1.65. The van der Waals surface area contributed by atoms with Gasteiger partial charge in [-0.15, -0.1) is 0 Å². The van der Waals surface area contributed by atoms with Gasteiger partial charge in [-0.3, -0.25) is 4.79 Å². The lowest BCUT2D eigenvalue weighted by Gasteiger charge is -2.19. The quantitative estimate of drug-likeness (QED) is 0.456. The smallest absolute Gasteiger partial charge is 0.338 e. The van der Waals surface area contributed by atoms with Crippen molar-refractivity contribution in [1.29, 1.82) is 0 Å². The predicted octanol–water partition coefficient (Wildman–Crippen LogP) is 4.60. The average molecular weight is 470 g/mol. The maximum absolute atomic E-state index is 12.8. The number of ketones is 1. The second-order valence-corrected chi connectivity index (χ2v) is 9.75. The number of hydrogen-bond donors (Lipinski definition) is 0. The maximum Gasteiger partial charge on any atom is 0.338 e. The fourth-order valence-electron chi connectivity index (χ4n) is 3.20. The highest BCUT2D eigenvalue weighted by molar-refractivity contribution is 7.89. The summed E-state index contributed by atoms with van der Waals surface area (Å²) in [5.74, 6) is -1.23. The van der Waals surface area contributed by atoms with E-state index in [4.69, 9.17) is 27.9 Å². The monoisotopic (exact) mass is 469 g/mol. The zero-order valence-corrected chi connectivity index (χ0v) is 18.5. The molecule has 0 aromatic heterocycles. The second kappa shape index (κ2) is 9.92. The summed E-state index contributed by atoms with van der Waals surface area (Å²) >= 11 is 11.8. The number of esters is 1. The molecule has 0 saturated carbocycles. The van der Waals surface area contributed by atoms with Crippen molar-refractivity contribution in [2.75, 3.05) is 19.7 Å². The summed E-state index contributed by atoms with van der Waals surface area (Å²) in [6.07, 6.45) is 3.73. The summed E-state index contributed by atoms with van der Waals surface area (Å²) in [4.78, 5) is 24.6. The van der Waals surface area contributed by atoms with Gasteiger partial charge in [-0.05, 0) is 55.3 Å². The number of carbonyl (C=O) groups is 2. The van der Waals surface area contributed by atoms with Crippen molar-refractivity contribution in [2.24, 2.45) is 0 Å². The number of carbonyl (C=O) groups excluding carboxylic acids is 2. The van der Waals surface area contributed by atoms with Crippen molar-refractivity contribution in [3.8, 4) is 0 Å². The van der Waals surface area contributed by atoms with Gasteiger partial charge >= 0.3 is 5.97 Å². The molecule has 0 amide bonds. The van der Waals surface area contributed by atoms with E-state index in [1.54, 1.807) is 6.07 Å². The van der Waals surface area contributed by atoms with Crippen LogP contribution in [0.1, 0.15) is 46.4 Å². The van der Waals surface area contributed by atoms with Gasteiger partial charge in [-0.1, -0.05) is 36.0 Å². The molecule has 0 bridgehead atoms. The highest BCUT2D eigenvalue weighted by atomic mass is 35.5. The first-order valence-corrected chi connectivity index (χ1v) is 11.7. The van der Waals surface area contributed by atoms with Gasteiger partial charge in [-0.25, -0.2) is 13.2 Å².